The summed E-state index contributed by atoms with van der Waals surface area (Å²) in [7, 11) is 0. The van der Waals surface area contributed by atoms with E-state index in [2.05, 4.69) is 4.98 Å². The molecule has 0 saturated heterocycles. The maximum Gasteiger partial charge on any atom is 0.307 e. The Morgan fingerprint density at radius 3 is 2.56 bits per heavy atom. The van der Waals surface area contributed by atoms with Crippen LogP contribution in [0.15, 0.2) is 12.1 Å². The molecule has 1 aromatic heterocycles. The SMILES string of the molecule is C[C@@H](N)CC(=O)OCc1cc(Cl)nc(Cl)c1. The Hall–Kier alpha value is -0.840. The first-order valence-corrected chi connectivity index (χ1v) is 5.46. The molecule has 16 heavy (non-hydrogen) atoms. The molecule has 0 unspecified atom stereocenters. The lowest BCUT2D eigenvalue weighted by atomic mass is 10.2. The number of ether oxygens (including phenoxy) is 1. The van der Waals surface area contributed by atoms with Gasteiger partial charge in [0.15, 0.2) is 0 Å². The van der Waals surface area contributed by atoms with E-state index in [9.17, 15) is 4.79 Å². The Bertz CT molecular complexity index is 363. The molecule has 0 aliphatic carbocycles. The summed E-state index contributed by atoms with van der Waals surface area (Å²) in [4.78, 5) is 15.0. The maximum absolute atomic E-state index is 11.2. The fourth-order valence-electron chi connectivity index (χ4n) is 1.08. The highest BCUT2D eigenvalue weighted by Crippen LogP contribution is 2.15. The molecule has 0 aliphatic heterocycles. The Morgan fingerprint density at radius 2 is 2.06 bits per heavy atom. The first-order chi connectivity index (χ1) is 7.47. The van der Waals surface area contributed by atoms with Crippen LogP contribution >= 0.6 is 23.2 Å². The second-order valence-corrected chi connectivity index (χ2v) is 4.24. The standard InChI is InChI=1S/C10H12Cl2N2O2/c1-6(13)2-10(15)16-5-7-3-8(11)14-9(12)4-7/h3-4,6H,2,5,13H2,1H3/t6-/m1/s1. The topological polar surface area (TPSA) is 65.2 Å². The van der Waals surface area contributed by atoms with Crippen molar-refractivity contribution in [3.8, 4) is 0 Å². The van der Waals surface area contributed by atoms with E-state index >= 15 is 0 Å². The number of carbonyl (C=O) groups is 1. The van der Waals surface area contributed by atoms with Crippen molar-refractivity contribution >= 4 is 29.2 Å². The van der Waals surface area contributed by atoms with Gasteiger partial charge in [0.05, 0.1) is 6.42 Å². The van der Waals surface area contributed by atoms with Gasteiger partial charge >= 0.3 is 5.97 Å². The number of hydrogen-bond donors (Lipinski definition) is 1. The third-order valence-electron chi connectivity index (χ3n) is 1.71. The first-order valence-electron chi connectivity index (χ1n) is 4.70. The lowest BCUT2D eigenvalue weighted by molar-refractivity contribution is -0.145. The Kier molecular flexibility index (Phi) is 4.99. The lowest BCUT2D eigenvalue weighted by Gasteiger charge is -2.07. The van der Waals surface area contributed by atoms with Crippen LogP contribution in [0.2, 0.25) is 10.3 Å². The van der Waals surface area contributed by atoms with Crippen molar-refractivity contribution in [2.45, 2.75) is 26.0 Å². The number of esters is 1. The molecule has 1 aromatic rings. The van der Waals surface area contributed by atoms with E-state index in [1.807, 2.05) is 0 Å². The van der Waals surface area contributed by atoms with Gasteiger partial charge in [0.25, 0.3) is 0 Å². The molecule has 1 atom stereocenters. The summed E-state index contributed by atoms with van der Waals surface area (Å²) in [6.07, 6.45) is 0.187. The van der Waals surface area contributed by atoms with Crippen LogP contribution in [0.3, 0.4) is 0 Å². The van der Waals surface area contributed by atoms with Crippen LogP contribution in [-0.4, -0.2) is 17.0 Å². The first kappa shape index (κ1) is 13.2. The molecule has 4 nitrogen and oxygen atoms in total. The highest BCUT2D eigenvalue weighted by molar-refractivity contribution is 6.32. The van der Waals surface area contributed by atoms with Gasteiger partial charge in [-0.2, -0.15) is 0 Å². The van der Waals surface area contributed by atoms with Crippen LogP contribution in [0, 0.1) is 0 Å². The molecule has 0 saturated carbocycles. The van der Waals surface area contributed by atoms with Gasteiger partial charge in [0.2, 0.25) is 0 Å². The number of rotatable bonds is 4. The van der Waals surface area contributed by atoms with Gasteiger partial charge in [-0.1, -0.05) is 23.2 Å². The molecular formula is C10H12Cl2N2O2. The molecule has 0 bridgehead atoms. The smallest absolute Gasteiger partial charge is 0.307 e. The molecule has 1 rings (SSSR count). The quantitative estimate of drug-likeness (QED) is 0.667. The van der Waals surface area contributed by atoms with Crippen LogP contribution in [-0.2, 0) is 16.1 Å². The molecule has 6 heteroatoms. The normalized spacial score (nSPS) is 12.2. The van der Waals surface area contributed by atoms with Gasteiger partial charge in [-0.3, -0.25) is 4.79 Å². The zero-order valence-electron chi connectivity index (χ0n) is 8.74. The van der Waals surface area contributed by atoms with E-state index in [1.165, 1.54) is 0 Å². The zero-order chi connectivity index (χ0) is 12.1. The van der Waals surface area contributed by atoms with Crippen molar-refractivity contribution in [3.05, 3.63) is 28.0 Å². The Labute approximate surface area is 104 Å². The molecule has 0 spiro atoms. The number of nitrogens with zero attached hydrogens (tertiary/aromatic N) is 1. The van der Waals surface area contributed by atoms with Crippen LogP contribution in [0.1, 0.15) is 18.9 Å². The van der Waals surface area contributed by atoms with Crippen LogP contribution < -0.4 is 5.73 Å². The second-order valence-electron chi connectivity index (χ2n) is 3.46. The van der Waals surface area contributed by atoms with Crippen molar-refractivity contribution < 1.29 is 9.53 Å². The lowest BCUT2D eigenvalue weighted by Crippen LogP contribution is -2.21. The molecule has 2 N–H and O–H groups in total. The van der Waals surface area contributed by atoms with Crippen LogP contribution in [0.25, 0.3) is 0 Å². The average molecular weight is 263 g/mol. The van der Waals surface area contributed by atoms with Crippen molar-refractivity contribution in [2.75, 3.05) is 0 Å². The molecule has 88 valence electrons. The summed E-state index contributed by atoms with van der Waals surface area (Å²) in [5.41, 5.74) is 6.15. The summed E-state index contributed by atoms with van der Waals surface area (Å²) in [5.74, 6) is -0.348. The minimum atomic E-state index is -0.348. The van der Waals surface area contributed by atoms with E-state index in [0.29, 0.717) is 5.56 Å². The van der Waals surface area contributed by atoms with Crippen molar-refractivity contribution in [2.24, 2.45) is 5.73 Å². The minimum absolute atomic E-state index is 0.119. The van der Waals surface area contributed by atoms with E-state index < -0.39 is 0 Å². The Morgan fingerprint density at radius 1 is 1.50 bits per heavy atom. The minimum Gasteiger partial charge on any atom is -0.461 e. The van der Waals surface area contributed by atoms with E-state index in [0.717, 1.165) is 0 Å². The predicted octanol–water partition coefficient (Wildman–Crippen LogP) is 2.17. The largest absolute Gasteiger partial charge is 0.461 e. The zero-order valence-corrected chi connectivity index (χ0v) is 10.3. The average Bonchev–Trinajstić information content (AvgIpc) is 2.12. The van der Waals surface area contributed by atoms with Gasteiger partial charge in [0, 0.05) is 6.04 Å². The molecule has 0 radical (unpaired) electrons. The Balaban J connectivity index is 2.51. The monoisotopic (exact) mass is 262 g/mol. The number of pyridine rings is 1. The number of carbonyl (C=O) groups excluding carboxylic acids is 1. The van der Waals surface area contributed by atoms with Crippen LogP contribution in [0.5, 0.6) is 0 Å². The van der Waals surface area contributed by atoms with E-state index in [4.69, 9.17) is 33.7 Å². The fourth-order valence-corrected chi connectivity index (χ4v) is 1.59. The molecule has 0 amide bonds. The summed E-state index contributed by atoms with van der Waals surface area (Å²) in [6.45, 7) is 1.86. The fraction of sp³-hybridized carbons (Fsp3) is 0.400. The number of hydrogen-bond acceptors (Lipinski definition) is 4. The van der Waals surface area contributed by atoms with Gasteiger partial charge in [-0.15, -0.1) is 0 Å². The molecular weight excluding hydrogens is 251 g/mol. The second kappa shape index (κ2) is 6.03. The van der Waals surface area contributed by atoms with E-state index in [-0.39, 0.29) is 35.3 Å². The van der Waals surface area contributed by atoms with Gasteiger partial charge in [0.1, 0.15) is 16.9 Å². The third kappa shape index (κ3) is 4.79. The number of nitrogens with two attached hydrogens (primary N) is 1. The van der Waals surface area contributed by atoms with Crippen LogP contribution in [0.4, 0.5) is 0 Å². The summed E-state index contributed by atoms with van der Waals surface area (Å²) in [6, 6.07) is 2.97. The molecule has 0 aliphatic rings. The highest BCUT2D eigenvalue weighted by atomic mass is 35.5. The molecule has 1 heterocycles. The highest BCUT2D eigenvalue weighted by Gasteiger charge is 2.07. The van der Waals surface area contributed by atoms with Crippen molar-refractivity contribution in [3.63, 3.8) is 0 Å². The molecule has 0 fully saturated rings. The number of halogens is 2. The molecule has 0 aromatic carbocycles. The van der Waals surface area contributed by atoms with Crippen molar-refractivity contribution in [1.82, 2.24) is 4.98 Å². The van der Waals surface area contributed by atoms with Crippen molar-refractivity contribution in [1.29, 1.82) is 0 Å². The third-order valence-corrected chi connectivity index (χ3v) is 2.10. The van der Waals surface area contributed by atoms with Gasteiger partial charge < -0.3 is 10.5 Å². The van der Waals surface area contributed by atoms with E-state index in [1.54, 1.807) is 19.1 Å². The maximum atomic E-state index is 11.2. The number of aromatic nitrogens is 1. The van der Waals surface area contributed by atoms with Gasteiger partial charge in [-0.25, -0.2) is 4.98 Å². The summed E-state index contributed by atoms with van der Waals surface area (Å²) < 4.78 is 4.98. The predicted molar refractivity (Wildman–Crippen MR) is 62.3 cm³/mol. The van der Waals surface area contributed by atoms with Gasteiger partial charge in [-0.05, 0) is 24.6 Å². The summed E-state index contributed by atoms with van der Waals surface area (Å²) >= 11 is 11.4. The summed E-state index contributed by atoms with van der Waals surface area (Å²) in [5, 5.41) is 0.538.